The summed E-state index contributed by atoms with van der Waals surface area (Å²) >= 11 is 0. The highest BCUT2D eigenvalue weighted by atomic mass is 16.4. The van der Waals surface area contributed by atoms with E-state index in [2.05, 4.69) is 0 Å². The summed E-state index contributed by atoms with van der Waals surface area (Å²) in [7, 11) is 0. The predicted octanol–water partition coefficient (Wildman–Crippen LogP) is 1.38. The van der Waals surface area contributed by atoms with Gasteiger partial charge in [0.15, 0.2) is 0 Å². The van der Waals surface area contributed by atoms with Crippen molar-refractivity contribution in [3.05, 3.63) is 34.4 Å². The maximum atomic E-state index is 10.6. The van der Waals surface area contributed by atoms with Gasteiger partial charge in [-0.3, -0.25) is 0 Å². The molecule has 0 bridgehead atoms. The van der Waals surface area contributed by atoms with Gasteiger partial charge in [-0.2, -0.15) is 0 Å². The molecule has 0 saturated carbocycles. The molecular formula is C8H8O3. The molecule has 1 aromatic rings. The Kier molecular flexibility index (Phi) is 2.11. The van der Waals surface area contributed by atoms with Crippen LogP contribution in [0.4, 0.5) is 0 Å². The summed E-state index contributed by atoms with van der Waals surface area (Å²) < 4.78 is 4.70. The third-order valence-electron chi connectivity index (χ3n) is 1.11. The summed E-state index contributed by atoms with van der Waals surface area (Å²) in [6.07, 6.45) is 3.32. The molecule has 0 fully saturated rings. The van der Waals surface area contributed by atoms with Gasteiger partial charge in [0.1, 0.15) is 11.5 Å². The minimum Gasteiger partial charge on any atom is -0.508 e. The molecule has 1 rings (SSSR count). The van der Waals surface area contributed by atoms with Crippen LogP contribution in [0.25, 0.3) is 6.08 Å². The molecule has 0 aliphatic rings. The first-order valence-corrected chi connectivity index (χ1v) is 3.19. The van der Waals surface area contributed by atoms with Crippen LogP contribution in [0.5, 0.6) is 5.75 Å². The Bertz CT molecular complexity index is 322. The minimum absolute atomic E-state index is 0.0747. The first-order chi connectivity index (χ1) is 5.22. The first kappa shape index (κ1) is 7.60. The van der Waals surface area contributed by atoms with E-state index in [0.717, 1.165) is 6.07 Å². The summed E-state index contributed by atoms with van der Waals surface area (Å²) in [5.74, 6) is 0.284. The first-order valence-electron chi connectivity index (χ1n) is 3.19. The Hall–Kier alpha value is -1.51. The van der Waals surface area contributed by atoms with E-state index in [0.29, 0.717) is 5.76 Å². The van der Waals surface area contributed by atoms with Crippen LogP contribution in [-0.4, -0.2) is 5.11 Å². The summed E-state index contributed by atoms with van der Waals surface area (Å²) in [6, 6.07) is 2.40. The second-order valence-electron chi connectivity index (χ2n) is 2.04. The number of allylic oxidation sites excluding steroid dienone is 1. The van der Waals surface area contributed by atoms with Crippen molar-refractivity contribution >= 4 is 6.08 Å². The predicted molar refractivity (Wildman–Crippen MR) is 41.4 cm³/mol. The number of hydrogen-bond acceptors (Lipinski definition) is 3. The van der Waals surface area contributed by atoms with E-state index >= 15 is 0 Å². The van der Waals surface area contributed by atoms with E-state index in [1.54, 1.807) is 19.1 Å². The van der Waals surface area contributed by atoms with Crippen LogP contribution in [0.3, 0.4) is 0 Å². The van der Waals surface area contributed by atoms with Gasteiger partial charge in [-0.05, 0) is 13.0 Å². The molecule has 1 N–H and O–H groups in total. The summed E-state index contributed by atoms with van der Waals surface area (Å²) in [4.78, 5) is 10.6. The topological polar surface area (TPSA) is 50.4 Å². The van der Waals surface area contributed by atoms with Gasteiger partial charge in [-0.1, -0.05) is 6.08 Å². The van der Waals surface area contributed by atoms with Gasteiger partial charge >= 0.3 is 5.63 Å². The van der Waals surface area contributed by atoms with E-state index in [9.17, 15) is 4.79 Å². The Morgan fingerprint density at radius 1 is 1.55 bits per heavy atom. The van der Waals surface area contributed by atoms with Gasteiger partial charge in [0.25, 0.3) is 0 Å². The van der Waals surface area contributed by atoms with Crippen LogP contribution in [0, 0.1) is 0 Å². The molecule has 1 heterocycles. The molecule has 0 radical (unpaired) electrons. The molecule has 0 aromatic carbocycles. The van der Waals surface area contributed by atoms with Crippen molar-refractivity contribution in [2.45, 2.75) is 6.92 Å². The standard InChI is InChI=1S/C8H8O3/c1-2-3-7-4-6(9)5-8(10)11-7/h2-5,9H,1H3. The molecule has 0 saturated heterocycles. The second-order valence-corrected chi connectivity index (χ2v) is 2.04. The van der Waals surface area contributed by atoms with Crippen molar-refractivity contribution in [3.8, 4) is 5.75 Å². The highest BCUT2D eigenvalue weighted by molar-refractivity contribution is 5.43. The van der Waals surface area contributed by atoms with Crippen LogP contribution in [0.15, 0.2) is 27.4 Å². The third kappa shape index (κ3) is 1.97. The lowest BCUT2D eigenvalue weighted by atomic mass is 10.3. The molecular weight excluding hydrogens is 144 g/mol. The maximum Gasteiger partial charge on any atom is 0.339 e. The van der Waals surface area contributed by atoms with Crippen LogP contribution < -0.4 is 5.63 Å². The molecule has 0 spiro atoms. The van der Waals surface area contributed by atoms with Gasteiger partial charge in [0.2, 0.25) is 0 Å². The average Bonchev–Trinajstić information content (AvgIpc) is 1.85. The summed E-state index contributed by atoms with van der Waals surface area (Å²) in [5, 5.41) is 8.93. The van der Waals surface area contributed by atoms with Crippen molar-refractivity contribution in [2.75, 3.05) is 0 Å². The molecule has 0 aliphatic carbocycles. The monoisotopic (exact) mass is 152 g/mol. The van der Waals surface area contributed by atoms with E-state index in [1.807, 2.05) is 0 Å². The van der Waals surface area contributed by atoms with Gasteiger partial charge in [-0.25, -0.2) is 4.79 Å². The van der Waals surface area contributed by atoms with Crippen LogP contribution in [0.2, 0.25) is 0 Å². The Morgan fingerprint density at radius 2 is 2.27 bits per heavy atom. The van der Waals surface area contributed by atoms with Crippen molar-refractivity contribution in [3.63, 3.8) is 0 Å². The SMILES string of the molecule is CC=Cc1cc(O)cc(=O)o1. The smallest absolute Gasteiger partial charge is 0.339 e. The fourth-order valence-corrected chi connectivity index (χ4v) is 0.730. The molecule has 0 amide bonds. The zero-order chi connectivity index (χ0) is 8.27. The Labute approximate surface area is 63.6 Å². The molecule has 11 heavy (non-hydrogen) atoms. The van der Waals surface area contributed by atoms with Gasteiger partial charge in [-0.15, -0.1) is 0 Å². The van der Waals surface area contributed by atoms with Crippen LogP contribution in [-0.2, 0) is 0 Å². The van der Waals surface area contributed by atoms with Gasteiger partial charge in [0.05, 0.1) is 6.07 Å². The largest absolute Gasteiger partial charge is 0.508 e. The Balaban J connectivity index is 3.19. The third-order valence-corrected chi connectivity index (χ3v) is 1.11. The quantitative estimate of drug-likeness (QED) is 0.661. The van der Waals surface area contributed by atoms with E-state index in [-0.39, 0.29) is 5.75 Å². The van der Waals surface area contributed by atoms with Crippen LogP contribution >= 0.6 is 0 Å². The lowest BCUT2D eigenvalue weighted by Crippen LogP contribution is -1.95. The van der Waals surface area contributed by atoms with Crippen molar-refractivity contribution < 1.29 is 9.52 Å². The second kappa shape index (κ2) is 3.05. The van der Waals surface area contributed by atoms with E-state index in [1.165, 1.54) is 6.07 Å². The van der Waals surface area contributed by atoms with E-state index in [4.69, 9.17) is 9.52 Å². The maximum absolute atomic E-state index is 10.6. The average molecular weight is 152 g/mol. The number of hydrogen-bond donors (Lipinski definition) is 1. The molecule has 1 aromatic heterocycles. The molecule has 0 unspecified atom stereocenters. The highest BCUT2D eigenvalue weighted by Gasteiger charge is 1.94. The lowest BCUT2D eigenvalue weighted by Gasteiger charge is -1.91. The highest BCUT2D eigenvalue weighted by Crippen LogP contribution is 2.08. The molecule has 58 valence electrons. The number of aromatic hydroxyl groups is 1. The minimum atomic E-state index is -0.543. The van der Waals surface area contributed by atoms with Crippen molar-refractivity contribution in [1.82, 2.24) is 0 Å². The molecule has 3 heteroatoms. The van der Waals surface area contributed by atoms with E-state index < -0.39 is 5.63 Å². The molecule has 0 aliphatic heterocycles. The van der Waals surface area contributed by atoms with Crippen molar-refractivity contribution in [1.29, 1.82) is 0 Å². The zero-order valence-electron chi connectivity index (χ0n) is 6.07. The van der Waals surface area contributed by atoms with Gasteiger partial charge in [0, 0.05) is 6.07 Å². The molecule has 0 atom stereocenters. The summed E-state index contributed by atoms with van der Waals surface area (Å²) in [5.41, 5.74) is -0.543. The Morgan fingerprint density at radius 3 is 2.82 bits per heavy atom. The fraction of sp³-hybridized carbons (Fsp3) is 0.125. The molecule has 3 nitrogen and oxygen atoms in total. The summed E-state index contributed by atoms with van der Waals surface area (Å²) in [6.45, 7) is 1.80. The number of rotatable bonds is 1. The van der Waals surface area contributed by atoms with Crippen LogP contribution in [0.1, 0.15) is 12.7 Å². The normalized spacial score (nSPS) is 10.6. The van der Waals surface area contributed by atoms with Gasteiger partial charge < -0.3 is 9.52 Å². The zero-order valence-corrected chi connectivity index (χ0v) is 6.07. The van der Waals surface area contributed by atoms with Crippen molar-refractivity contribution in [2.24, 2.45) is 0 Å². The lowest BCUT2D eigenvalue weighted by molar-refractivity contribution is 0.444. The fourth-order valence-electron chi connectivity index (χ4n) is 0.730.